The van der Waals surface area contributed by atoms with E-state index in [2.05, 4.69) is 4.98 Å². The van der Waals surface area contributed by atoms with Crippen molar-refractivity contribution in [2.24, 2.45) is 0 Å². The summed E-state index contributed by atoms with van der Waals surface area (Å²) in [7, 11) is 1.38. The fraction of sp³-hybridized carbons (Fsp3) is 0.125. The number of hydrogen-bond acceptors (Lipinski definition) is 4. The Labute approximate surface area is 73.1 Å². The quantitative estimate of drug-likeness (QED) is 0.726. The number of nitrogens with zero attached hydrogens (tertiary/aromatic N) is 1. The van der Waals surface area contributed by atoms with Crippen molar-refractivity contribution in [1.82, 2.24) is 4.98 Å². The van der Waals surface area contributed by atoms with Gasteiger partial charge in [-0.25, -0.2) is 0 Å². The summed E-state index contributed by atoms with van der Waals surface area (Å²) in [6, 6.07) is 3.00. The average Bonchev–Trinajstić information content (AvgIpc) is 2.47. The maximum absolute atomic E-state index is 13.4. The van der Waals surface area contributed by atoms with E-state index in [0.717, 1.165) is 0 Å². The van der Waals surface area contributed by atoms with Crippen LogP contribution in [0.2, 0.25) is 0 Å². The molecule has 1 heterocycles. The van der Waals surface area contributed by atoms with Crippen molar-refractivity contribution in [3.8, 4) is 5.75 Å². The van der Waals surface area contributed by atoms with Crippen LogP contribution in [-0.2, 0) is 0 Å². The zero-order chi connectivity index (χ0) is 9.42. The van der Waals surface area contributed by atoms with Gasteiger partial charge in [-0.3, -0.25) is 0 Å². The molecule has 13 heavy (non-hydrogen) atoms. The van der Waals surface area contributed by atoms with Gasteiger partial charge < -0.3 is 14.9 Å². The van der Waals surface area contributed by atoms with Gasteiger partial charge in [-0.15, -0.1) is 0 Å². The van der Waals surface area contributed by atoms with E-state index < -0.39 is 5.82 Å². The molecule has 1 aromatic heterocycles. The van der Waals surface area contributed by atoms with Crippen LogP contribution in [0.15, 0.2) is 16.5 Å². The van der Waals surface area contributed by atoms with Crippen LogP contribution in [0.3, 0.4) is 0 Å². The van der Waals surface area contributed by atoms with Gasteiger partial charge in [0.1, 0.15) is 5.52 Å². The topological polar surface area (TPSA) is 61.3 Å². The second-order valence-electron chi connectivity index (χ2n) is 2.48. The molecule has 5 heteroatoms. The first-order valence-electron chi connectivity index (χ1n) is 3.61. The molecule has 0 atom stereocenters. The fourth-order valence-electron chi connectivity index (χ4n) is 1.12. The second-order valence-corrected chi connectivity index (χ2v) is 2.48. The van der Waals surface area contributed by atoms with Gasteiger partial charge >= 0.3 is 0 Å². The number of fused-ring (bicyclic) bond motifs is 1. The maximum Gasteiger partial charge on any atom is 0.293 e. The normalized spacial score (nSPS) is 10.6. The van der Waals surface area contributed by atoms with Crippen molar-refractivity contribution in [2.75, 3.05) is 12.8 Å². The highest BCUT2D eigenvalue weighted by Gasteiger charge is 2.12. The van der Waals surface area contributed by atoms with Crippen LogP contribution in [-0.4, -0.2) is 12.1 Å². The number of nitrogens with two attached hydrogens (primary N) is 1. The van der Waals surface area contributed by atoms with Crippen molar-refractivity contribution in [1.29, 1.82) is 0 Å². The Bertz CT molecular complexity index is 453. The molecule has 0 fully saturated rings. The van der Waals surface area contributed by atoms with Crippen molar-refractivity contribution >= 4 is 17.1 Å². The van der Waals surface area contributed by atoms with Crippen LogP contribution in [0.1, 0.15) is 0 Å². The third-order valence-electron chi connectivity index (χ3n) is 1.70. The number of hydrogen-bond donors (Lipinski definition) is 1. The monoisotopic (exact) mass is 182 g/mol. The van der Waals surface area contributed by atoms with Gasteiger partial charge in [-0.1, -0.05) is 0 Å². The summed E-state index contributed by atoms with van der Waals surface area (Å²) in [6.45, 7) is 0. The molecule has 0 aliphatic carbocycles. The maximum atomic E-state index is 13.4. The Hall–Kier alpha value is -1.78. The molecule has 2 N–H and O–H groups in total. The van der Waals surface area contributed by atoms with Crippen LogP contribution >= 0.6 is 0 Å². The Kier molecular flexibility index (Phi) is 1.58. The van der Waals surface area contributed by atoms with E-state index >= 15 is 0 Å². The Morgan fingerprint density at radius 3 is 3.00 bits per heavy atom. The SMILES string of the molecule is COc1ccc2nc(N)oc2c1F. The molecule has 0 bridgehead atoms. The van der Waals surface area contributed by atoms with Crippen LogP contribution in [0.5, 0.6) is 5.75 Å². The lowest BCUT2D eigenvalue weighted by atomic mass is 10.3. The van der Waals surface area contributed by atoms with Gasteiger partial charge in [0, 0.05) is 0 Å². The smallest absolute Gasteiger partial charge is 0.293 e. The molecule has 0 unspecified atom stereocenters. The Morgan fingerprint density at radius 2 is 2.31 bits per heavy atom. The van der Waals surface area contributed by atoms with Gasteiger partial charge in [0.05, 0.1) is 7.11 Å². The zero-order valence-corrected chi connectivity index (χ0v) is 6.87. The molecule has 0 aliphatic heterocycles. The molecule has 0 spiro atoms. The predicted molar refractivity (Wildman–Crippen MR) is 44.9 cm³/mol. The molecule has 0 aliphatic rings. The van der Waals surface area contributed by atoms with Gasteiger partial charge in [0.25, 0.3) is 6.01 Å². The molecule has 0 radical (unpaired) electrons. The summed E-state index contributed by atoms with van der Waals surface area (Å²) in [6.07, 6.45) is 0. The number of rotatable bonds is 1. The second kappa shape index (κ2) is 2.62. The number of halogens is 1. The molecule has 4 nitrogen and oxygen atoms in total. The van der Waals surface area contributed by atoms with Crippen LogP contribution in [0, 0.1) is 5.82 Å². The summed E-state index contributed by atoms with van der Waals surface area (Å²) < 4.78 is 23.0. The van der Waals surface area contributed by atoms with Crippen LogP contribution in [0.25, 0.3) is 11.1 Å². The third-order valence-corrected chi connectivity index (χ3v) is 1.70. The minimum absolute atomic E-state index is 0.0249. The molecule has 0 saturated carbocycles. The Morgan fingerprint density at radius 1 is 1.54 bits per heavy atom. The molecular formula is C8H7FN2O2. The summed E-state index contributed by atoms with van der Waals surface area (Å²) in [4.78, 5) is 3.76. The Balaban J connectivity index is 2.78. The molecule has 1 aromatic carbocycles. The number of nitrogen functional groups attached to an aromatic ring is 1. The lowest BCUT2D eigenvalue weighted by Crippen LogP contribution is -1.87. The van der Waals surface area contributed by atoms with Gasteiger partial charge in [0.15, 0.2) is 11.3 Å². The molecule has 0 amide bonds. The number of benzene rings is 1. The van der Waals surface area contributed by atoms with E-state index in [-0.39, 0.29) is 17.3 Å². The van der Waals surface area contributed by atoms with Gasteiger partial charge in [0.2, 0.25) is 5.82 Å². The molecular weight excluding hydrogens is 175 g/mol. The van der Waals surface area contributed by atoms with E-state index in [4.69, 9.17) is 14.9 Å². The predicted octanol–water partition coefficient (Wildman–Crippen LogP) is 1.56. The molecule has 2 aromatic rings. The lowest BCUT2D eigenvalue weighted by molar-refractivity contribution is 0.385. The summed E-state index contributed by atoms with van der Waals surface area (Å²) >= 11 is 0. The highest BCUT2D eigenvalue weighted by molar-refractivity contribution is 5.76. The van der Waals surface area contributed by atoms with Crippen molar-refractivity contribution in [2.45, 2.75) is 0 Å². The van der Waals surface area contributed by atoms with E-state index in [0.29, 0.717) is 5.52 Å². The number of methoxy groups -OCH3 is 1. The van der Waals surface area contributed by atoms with Crippen molar-refractivity contribution in [3.63, 3.8) is 0 Å². The average molecular weight is 182 g/mol. The zero-order valence-electron chi connectivity index (χ0n) is 6.87. The minimum Gasteiger partial charge on any atom is -0.494 e. The number of oxazole rings is 1. The number of aromatic nitrogens is 1. The number of ether oxygens (including phenoxy) is 1. The van der Waals surface area contributed by atoms with Gasteiger partial charge in [-0.2, -0.15) is 9.37 Å². The third kappa shape index (κ3) is 1.09. The van der Waals surface area contributed by atoms with E-state index in [9.17, 15) is 4.39 Å². The van der Waals surface area contributed by atoms with Crippen molar-refractivity contribution in [3.05, 3.63) is 17.9 Å². The largest absolute Gasteiger partial charge is 0.494 e. The standard InChI is InChI=1S/C8H7FN2O2/c1-12-5-3-2-4-7(6(5)9)13-8(10)11-4/h2-3H,1H3,(H2,10,11). The lowest BCUT2D eigenvalue weighted by Gasteiger charge is -1.99. The first-order chi connectivity index (χ1) is 6.22. The van der Waals surface area contributed by atoms with E-state index in [1.165, 1.54) is 13.2 Å². The minimum atomic E-state index is -0.579. The molecule has 2 rings (SSSR count). The highest BCUT2D eigenvalue weighted by atomic mass is 19.1. The highest BCUT2D eigenvalue weighted by Crippen LogP contribution is 2.27. The first-order valence-corrected chi connectivity index (χ1v) is 3.61. The van der Waals surface area contributed by atoms with E-state index in [1.54, 1.807) is 6.07 Å². The number of anilines is 1. The van der Waals surface area contributed by atoms with Crippen LogP contribution in [0.4, 0.5) is 10.4 Å². The summed E-state index contributed by atoms with van der Waals surface area (Å²) in [5.74, 6) is -0.465. The van der Waals surface area contributed by atoms with Crippen LogP contribution < -0.4 is 10.5 Å². The van der Waals surface area contributed by atoms with Crippen molar-refractivity contribution < 1.29 is 13.5 Å². The molecule has 0 saturated heterocycles. The van der Waals surface area contributed by atoms with E-state index in [1.807, 2.05) is 0 Å². The first kappa shape index (κ1) is 7.85. The summed E-state index contributed by atoms with van der Waals surface area (Å²) in [5.41, 5.74) is 5.68. The molecule has 68 valence electrons. The summed E-state index contributed by atoms with van der Waals surface area (Å²) in [5, 5.41) is 0. The van der Waals surface area contributed by atoms with Gasteiger partial charge in [-0.05, 0) is 12.1 Å². The fourth-order valence-corrected chi connectivity index (χ4v) is 1.12.